The summed E-state index contributed by atoms with van der Waals surface area (Å²) in [6, 6.07) is 0.586. The highest BCUT2D eigenvalue weighted by Crippen LogP contribution is 2.35. The van der Waals surface area contributed by atoms with Crippen molar-refractivity contribution in [2.75, 3.05) is 6.54 Å². The average molecular weight is 140 g/mol. The van der Waals surface area contributed by atoms with Crippen molar-refractivity contribution in [2.45, 2.75) is 18.9 Å². The Kier molecular flexibility index (Phi) is 1.20. The van der Waals surface area contributed by atoms with Crippen molar-refractivity contribution in [3.05, 3.63) is 0 Å². The Morgan fingerprint density at radius 2 is 2.30 bits per heavy atom. The number of rotatable bonds is 1. The van der Waals surface area contributed by atoms with Crippen LogP contribution >= 0.6 is 0 Å². The van der Waals surface area contributed by atoms with Crippen LogP contribution in [0, 0.1) is 11.8 Å². The number of hydrogen-bond donors (Lipinski definition) is 2. The molecule has 1 aliphatic carbocycles. The van der Waals surface area contributed by atoms with Gasteiger partial charge in [-0.3, -0.25) is 4.79 Å². The molecule has 0 aromatic carbocycles. The molecule has 1 heterocycles. The average Bonchev–Trinajstić information content (AvgIpc) is 2.44. The molecule has 0 aromatic heterocycles. The number of nitrogens with two attached hydrogens (primary N) is 1. The predicted molar refractivity (Wildman–Crippen MR) is 37.2 cm³/mol. The summed E-state index contributed by atoms with van der Waals surface area (Å²) >= 11 is 0. The highest BCUT2D eigenvalue weighted by Gasteiger charge is 2.41. The Morgan fingerprint density at radius 3 is 2.60 bits per heavy atom. The van der Waals surface area contributed by atoms with E-state index < -0.39 is 0 Å². The molecule has 3 atom stereocenters. The second kappa shape index (κ2) is 1.95. The van der Waals surface area contributed by atoms with Crippen molar-refractivity contribution in [1.82, 2.24) is 5.32 Å². The number of hydrogen-bond acceptors (Lipinski definition) is 2. The molecule has 56 valence electrons. The first-order valence-corrected chi connectivity index (χ1v) is 3.80. The molecule has 2 fully saturated rings. The summed E-state index contributed by atoms with van der Waals surface area (Å²) in [4.78, 5) is 10.8. The molecule has 2 bridgehead atoms. The summed E-state index contributed by atoms with van der Waals surface area (Å²) in [5.74, 6) is 0.614. The van der Waals surface area contributed by atoms with E-state index in [1.165, 1.54) is 0 Å². The molecule has 3 N–H and O–H groups in total. The lowest BCUT2D eigenvalue weighted by molar-refractivity contribution is -0.123. The first-order valence-electron chi connectivity index (χ1n) is 3.80. The van der Waals surface area contributed by atoms with Crippen LogP contribution in [0.1, 0.15) is 12.8 Å². The Labute approximate surface area is 60.0 Å². The second-order valence-corrected chi connectivity index (χ2v) is 3.35. The molecule has 3 nitrogen and oxygen atoms in total. The van der Waals surface area contributed by atoms with Crippen molar-refractivity contribution >= 4 is 5.91 Å². The van der Waals surface area contributed by atoms with Gasteiger partial charge in [-0.1, -0.05) is 0 Å². The molecule has 0 aromatic rings. The number of carbonyl (C=O) groups excluding carboxylic acids is 1. The normalized spacial score (nSPS) is 44.2. The van der Waals surface area contributed by atoms with Gasteiger partial charge in [-0.25, -0.2) is 0 Å². The Morgan fingerprint density at radius 1 is 1.50 bits per heavy atom. The predicted octanol–water partition coefficient (Wildman–Crippen LogP) is -0.530. The summed E-state index contributed by atoms with van der Waals surface area (Å²) < 4.78 is 0. The SMILES string of the molecule is NC(=O)C1CC2CC1CN2. The lowest BCUT2D eigenvalue weighted by atomic mass is 9.95. The summed E-state index contributed by atoms with van der Waals surface area (Å²) in [5, 5.41) is 3.33. The number of primary amides is 1. The van der Waals surface area contributed by atoms with Gasteiger partial charge < -0.3 is 11.1 Å². The molecular formula is C7H12N2O. The third-order valence-corrected chi connectivity index (χ3v) is 2.73. The molecule has 10 heavy (non-hydrogen) atoms. The number of carbonyl (C=O) groups is 1. The smallest absolute Gasteiger partial charge is 0.220 e. The van der Waals surface area contributed by atoms with Gasteiger partial charge in [0.15, 0.2) is 0 Å². The van der Waals surface area contributed by atoms with Gasteiger partial charge in [0.05, 0.1) is 0 Å². The van der Waals surface area contributed by atoms with Gasteiger partial charge in [0.1, 0.15) is 0 Å². The maximum atomic E-state index is 10.8. The van der Waals surface area contributed by atoms with E-state index in [1.807, 2.05) is 0 Å². The maximum absolute atomic E-state index is 10.8. The third-order valence-electron chi connectivity index (χ3n) is 2.73. The Hall–Kier alpha value is -0.570. The minimum Gasteiger partial charge on any atom is -0.369 e. The van der Waals surface area contributed by atoms with E-state index in [1.54, 1.807) is 0 Å². The topological polar surface area (TPSA) is 55.1 Å². The van der Waals surface area contributed by atoms with Crippen LogP contribution in [-0.4, -0.2) is 18.5 Å². The van der Waals surface area contributed by atoms with Crippen LogP contribution in [0.4, 0.5) is 0 Å². The van der Waals surface area contributed by atoms with Gasteiger partial charge in [-0.15, -0.1) is 0 Å². The first-order chi connectivity index (χ1) is 4.77. The highest BCUT2D eigenvalue weighted by molar-refractivity contribution is 5.77. The summed E-state index contributed by atoms with van der Waals surface area (Å²) in [6.45, 7) is 0.998. The zero-order valence-electron chi connectivity index (χ0n) is 5.84. The molecule has 1 aliphatic heterocycles. The van der Waals surface area contributed by atoms with Crippen LogP contribution in [-0.2, 0) is 4.79 Å². The van der Waals surface area contributed by atoms with E-state index >= 15 is 0 Å². The van der Waals surface area contributed by atoms with Crippen LogP contribution in [0.5, 0.6) is 0 Å². The summed E-state index contributed by atoms with van der Waals surface area (Å²) in [7, 11) is 0. The van der Waals surface area contributed by atoms with Crippen molar-refractivity contribution in [3.63, 3.8) is 0 Å². The largest absolute Gasteiger partial charge is 0.369 e. The number of piperidine rings is 1. The summed E-state index contributed by atoms with van der Waals surface area (Å²) in [5.41, 5.74) is 5.22. The Bertz CT molecular complexity index is 169. The number of fused-ring (bicyclic) bond motifs is 2. The molecule has 0 spiro atoms. The molecule has 3 unspecified atom stereocenters. The summed E-state index contributed by atoms with van der Waals surface area (Å²) in [6.07, 6.45) is 2.13. The van der Waals surface area contributed by atoms with E-state index in [0.717, 1.165) is 19.4 Å². The molecular weight excluding hydrogens is 128 g/mol. The van der Waals surface area contributed by atoms with Crippen LogP contribution in [0.3, 0.4) is 0 Å². The van der Waals surface area contributed by atoms with Gasteiger partial charge in [0.2, 0.25) is 5.91 Å². The van der Waals surface area contributed by atoms with Gasteiger partial charge in [-0.2, -0.15) is 0 Å². The molecule has 1 saturated heterocycles. The monoisotopic (exact) mass is 140 g/mol. The van der Waals surface area contributed by atoms with Gasteiger partial charge in [-0.05, 0) is 25.3 Å². The fourth-order valence-electron chi connectivity index (χ4n) is 2.18. The van der Waals surface area contributed by atoms with Crippen molar-refractivity contribution in [2.24, 2.45) is 17.6 Å². The van der Waals surface area contributed by atoms with E-state index in [4.69, 9.17) is 5.73 Å². The quantitative estimate of drug-likeness (QED) is 0.514. The van der Waals surface area contributed by atoms with Crippen LogP contribution < -0.4 is 11.1 Å². The molecule has 2 rings (SSSR count). The first kappa shape index (κ1) is 6.16. The standard InChI is InChI=1S/C7H12N2O/c8-7(10)6-2-5-1-4(6)3-9-5/h4-6,9H,1-3H2,(H2,8,10). The molecule has 2 aliphatic rings. The number of amides is 1. The van der Waals surface area contributed by atoms with Crippen molar-refractivity contribution in [1.29, 1.82) is 0 Å². The number of nitrogens with one attached hydrogen (secondary N) is 1. The van der Waals surface area contributed by atoms with E-state index in [0.29, 0.717) is 12.0 Å². The van der Waals surface area contributed by atoms with Gasteiger partial charge >= 0.3 is 0 Å². The zero-order chi connectivity index (χ0) is 7.14. The Balaban J connectivity index is 2.08. The van der Waals surface area contributed by atoms with E-state index in [2.05, 4.69) is 5.32 Å². The molecule has 0 radical (unpaired) electrons. The molecule has 3 heteroatoms. The van der Waals surface area contributed by atoms with Crippen molar-refractivity contribution in [3.8, 4) is 0 Å². The van der Waals surface area contributed by atoms with Gasteiger partial charge in [0.25, 0.3) is 0 Å². The lowest BCUT2D eigenvalue weighted by Gasteiger charge is -2.18. The van der Waals surface area contributed by atoms with Crippen LogP contribution in [0.2, 0.25) is 0 Å². The zero-order valence-corrected chi connectivity index (χ0v) is 5.84. The minimum absolute atomic E-state index is 0.103. The molecule has 1 amide bonds. The van der Waals surface area contributed by atoms with Crippen LogP contribution in [0.25, 0.3) is 0 Å². The fourth-order valence-corrected chi connectivity index (χ4v) is 2.18. The fraction of sp³-hybridized carbons (Fsp3) is 0.857. The maximum Gasteiger partial charge on any atom is 0.220 e. The highest BCUT2D eigenvalue weighted by atomic mass is 16.1. The lowest BCUT2D eigenvalue weighted by Crippen LogP contribution is -2.36. The van der Waals surface area contributed by atoms with Gasteiger partial charge in [0, 0.05) is 12.0 Å². The molecule has 1 saturated carbocycles. The third kappa shape index (κ3) is 0.736. The minimum atomic E-state index is -0.103. The van der Waals surface area contributed by atoms with Crippen molar-refractivity contribution < 1.29 is 4.79 Å². The van der Waals surface area contributed by atoms with E-state index in [9.17, 15) is 4.79 Å². The van der Waals surface area contributed by atoms with Crippen LogP contribution in [0.15, 0.2) is 0 Å². The van der Waals surface area contributed by atoms with E-state index in [-0.39, 0.29) is 11.8 Å². The second-order valence-electron chi connectivity index (χ2n) is 3.35.